The summed E-state index contributed by atoms with van der Waals surface area (Å²) in [5.74, 6) is 1.34. The molecular formula is C22H20N2O4S. The van der Waals surface area contributed by atoms with Crippen molar-refractivity contribution in [1.82, 2.24) is 4.98 Å². The number of benzene rings is 2. The predicted molar refractivity (Wildman–Crippen MR) is 115 cm³/mol. The van der Waals surface area contributed by atoms with Crippen molar-refractivity contribution in [2.24, 2.45) is 0 Å². The van der Waals surface area contributed by atoms with Crippen molar-refractivity contribution in [3.8, 4) is 11.1 Å². The van der Waals surface area contributed by atoms with Gasteiger partial charge in [0.25, 0.3) is 5.56 Å². The molecular weight excluding hydrogens is 388 g/mol. The first-order valence-electron chi connectivity index (χ1n) is 9.64. The summed E-state index contributed by atoms with van der Waals surface area (Å²) in [7, 11) is -3.42. The zero-order chi connectivity index (χ0) is 20.2. The van der Waals surface area contributed by atoms with Gasteiger partial charge < -0.3 is 9.40 Å². The van der Waals surface area contributed by atoms with Crippen molar-refractivity contribution >= 4 is 37.5 Å². The molecule has 0 unspecified atom stereocenters. The van der Waals surface area contributed by atoms with Gasteiger partial charge in [0, 0.05) is 39.7 Å². The third-order valence-electron chi connectivity index (χ3n) is 5.37. The Hall–Kier alpha value is -3.06. The standard InChI is InChI=1S/C22H20N2O4S/c1-2-29(26,27)24-15-9-14-10-20(13-7-8-13)28-21(14)18(11-15)19-12-23-22(25)17-6-4-3-5-16(17)19/h3-6,9-13,24H,2,7-8H2,1H3,(H,23,25). The normalized spacial score (nSPS) is 14.5. The van der Waals surface area contributed by atoms with Crippen molar-refractivity contribution in [1.29, 1.82) is 0 Å². The van der Waals surface area contributed by atoms with Gasteiger partial charge in [-0.05, 0) is 49.4 Å². The van der Waals surface area contributed by atoms with E-state index in [1.165, 1.54) is 0 Å². The molecule has 0 radical (unpaired) electrons. The summed E-state index contributed by atoms with van der Waals surface area (Å²) in [6, 6.07) is 12.9. The van der Waals surface area contributed by atoms with Crippen molar-refractivity contribution in [2.75, 3.05) is 10.5 Å². The highest BCUT2D eigenvalue weighted by Crippen LogP contribution is 2.45. The van der Waals surface area contributed by atoms with Crippen LogP contribution in [0.25, 0.3) is 32.9 Å². The van der Waals surface area contributed by atoms with Crippen molar-refractivity contribution < 1.29 is 12.8 Å². The van der Waals surface area contributed by atoms with Gasteiger partial charge in [-0.3, -0.25) is 9.52 Å². The lowest BCUT2D eigenvalue weighted by Crippen LogP contribution is -2.14. The highest BCUT2D eigenvalue weighted by molar-refractivity contribution is 7.92. The van der Waals surface area contributed by atoms with Crippen molar-refractivity contribution in [3.63, 3.8) is 0 Å². The molecule has 0 aliphatic heterocycles. The van der Waals surface area contributed by atoms with Crippen molar-refractivity contribution in [3.05, 3.63) is 64.8 Å². The van der Waals surface area contributed by atoms with Crippen LogP contribution in [0.5, 0.6) is 0 Å². The van der Waals surface area contributed by atoms with E-state index >= 15 is 0 Å². The number of fused-ring (bicyclic) bond motifs is 2. The summed E-state index contributed by atoms with van der Waals surface area (Å²) in [4.78, 5) is 15.0. The Bertz CT molecular complexity index is 1410. The molecule has 2 N–H and O–H groups in total. The largest absolute Gasteiger partial charge is 0.460 e. The molecule has 6 nitrogen and oxygen atoms in total. The highest BCUT2D eigenvalue weighted by atomic mass is 32.2. The number of aromatic amines is 1. The van der Waals surface area contributed by atoms with Crippen LogP contribution in [0.15, 0.2) is 57.9 Å². The fourth-order valence-corrected chi connectivity index (χ4v) is 4.31. The number of hydrogen-bond acceptors (Lipinski definition) is 4. The molecule has 1 aliphatic carbocycles. The summed E-state index contributed by atoms with van der Waals surface area (Å²) >= 11 is 0. The Morgan fingerprint density at radius 2 is 1.86 bits per heavy atom. The lowest BCUT2D eigenvalue weighted by molar-refractivity contribution is 0.553. The van der Waals surface area contributed by atoms with E-state index < -0.39 is 10.0 Å². The van der Waals surface area contributed by atoms with Gasteiger partial charge in [0.1, 0.15) is 11.3 Å². The molecule has 0 amide bonds. The minimum atomic E-state index is -3.42. The molecule has 7 heteroatoms. The second kappa shape index (κ2) is 6.49. The molecule has 0 atom stereocenters. The lowest BCUT2D eigenvalue weighted by Gasteiger charge is -2.11. The maximum atomic E-state index is 12.3. The quantitative estimate of drug-likeness (QED) is 0.506. The number of furan rings is 1. The van der Waals surface area contributed by atoms with Gasteiger partial charge in [-0.1, -0.05) is 18.2 Å². The molecule has 2 aromatic carbocycles. The maximum absolute atomic E-state index is 12.3. The topological polar surface area (TPSA) is 92.2 Å². The number of pyridine rings is 1. The zero-order valence-electron chi connectivity index (χ0n) is 15.9. The van der Waals surface area contributed by atoms with Gasteiger partial charge in [-0.25, -0.2) is 8.42 Å². The van der Waals surface area contributed by atoms with Crippen LogP contribution in [-0.2, 0) is 10.0 Å². The molecule has 1 fully saturated rings. The molecule has 148 valence electrons. The van der Waals surface area contributed by atoms with Gasteiger partial charge in [0.15, 0.2) is 0 Å². The summed E-state index contributed by atoms with van der Waals surface area (Å²) in [6.45, 7) is 1.60. The van der Waals surface area contributed by atoms with Crippen LogP contribution in [0.3, 0.4) is 0 Å². The van der Waals surface area contributed by atoms with Gasteiger partial charge in [-0.2, -0.15) is 0 Å². The van der Waals surface area contributed by atoms with Crippen LogP contribution in [0.4, 0.5) is 5.69 Å². The Balaban J connectivity index is 1.80. The molecule has 0 spiro atoms. The number of nitrogens with one attached hydrogen (secondary N) is 2. The molecule has 2 heterocycles. The zero-order valence-corrected chi connectivity index (χ0v) is 16.7. The summed E-state index contributed by atoms with van der Waals surface area (Å²) < 4.78 is 33.1. The summed E-state index contributed by atoms with van der Waals surface area (Å²) in [6.07, 6.45) is 3.87. The van der Waals surface area contributed by atoms with Crippen molar-refractivity contribution in [2.45, 2.75) is 25.7 Å². The Morgan fingerprint density at radius 1 is 1.10 bits per heavy atom. The Kier molecular flexibility index (Phi) is 4.03. The van der Waals surface area contributed by atoms with Gasteiger partial charge in [0.2, 0.25) is 10.0 Å². The first-order valence-corrected chi connectivity index (χ1v) is 11.3. The van der Waals surface area contributed by atoms with E-state index in [4.69, 9.17) is 4.42 Å². The lowest BCUT2D eigenvalue weighted by atomic mass is 9.99. The SMILES string of the molecule is CCS(=O)(=O)Nc1cc(-c2c[nH]c(=O)c3ccccc23)c2oc(C3CC3)cc2c1. The third-order valence-corrected chi connectivity index (χ3v) is 6.67. The van der Waals surface area contributed by atoms with E-state index in [1.54, 1.807) is 31.3 Å². The van der Waals surface area contributed by atoms with Crippen LogP contribution < -0.4 is 10.3 Å². The average molecular weight is 408 g/mol. The van der Waals surface area contributed by atoms with Gasteiger partial charge in [-0.15, -0.1) is 0 Å². The van der Waals surface area contributed by atoms with Crippen LogP contribution in [0.1, 0.15) is 31.4 Å². The average Bonchev–Trinajstić information content (AvgIpc) is 3.47. The van der Waals surface area contributed by atoms with E-state index in [9.17, 15) is 13.2 Å². The minimum absolute atomic E-state index is 0.0132. The van der Waals surface area contributed by atoms with Crippen LogP contribution in [0.2, 0.25) is 0 Å². The number of aromatic nitrogens is 1. The molecule has 2 aromatic heterocycles. The summed E-state index contributed by atoms with van der Waals surface area (Å²) in [5, 5.41) is 2.21. The predicted octanol–water partition coefficient (Wildman–Crippen LogP) is 4.58. The Morgan fingerprint density at radius 3 is 2.59 bits per heavy atom. The van der Waals surface area contributed by atoms with Crippen LogP contribution in [0, 0.1) is 0 Å². The molecule has 1 aliphatic rings. The van der Waals surface area contributed by atoms with E-state index in [1.807, 2.05) is 24.3 Å². The van der Waals surface area contributed by atoms with E-state index in [2.05, 4.69) is 9.71 Å². The van der Waals surface area contributed by atoms with Gasteiger partial charge >= 0.3 is 0 Å². The van der Waals surface area contributed by atoms with E-state index in [0.717, 1.165) is 40.5 Å². The monoisotopic (exact) mass is 408 g/mol. The molecule has 5 rings (SSSR count). The fourth-order valence-electron chi connectivity index (χ4n) is 3.68. The first-order chi connectivity index (χ1) is 13.9. The minimum Gasteiger partial charge on any atom is -0.460 e. The third kappa shape index (κ3) is 3.21. The molecule has 0 bridgehead atoms. The van der Waals surface area contributed by atoms with Crippen LogP contribution in [-0.4, -0.2) is 19.2 Å². The number of hydrogen-bond donors (Lipinski definition) is 2. The summed E-state index contributed by atoms with van der Waals surface area (Å²) in [5.41, 5.74) is 2.55. The molecule has 1 saturated carbocycles. The number of sulfonamides is 1. The first kappa shape index (κ1) is 18.0. The Labute approximate surface area is 167 Å². The molecule has 29 heavy (non-hydrogen) atoms. The fraction of sp³-hybridized carbons (Fsp3) is 0.227. The van der Waals surface area contributed by atoms with E-state index in [-0.39, 0.29) is 11.3 Å². The highest BCUT2D eigenvalue weighted by Gasteiger charge is 2.28. The second-order valence-electron chi connectivity index (χ2n) is 7.45. The second-order valence-corrected chi connectivity index (χ2v) is 9.46. The molecule has 0 saturated heterocycles. The number of anilines is 1. The van der Waals surface area contributed by atoms with E-state index in [0.29, 0.717) is 22.6 Å². The smallest absolute Gasteiger partial charge is 0.255 e. The molecule has 4 aromatic rings. The maximum Gasteiger partial charge on any atom is 0.255 e. The van der Waals surface area contributed by atoms with Crippen LogP contribution >= 0.6 is 0 Å². The number of H-pyrrole nitrogens is 1. The number of rotatable bonds is 5. The van der Waals surface area contributed by atoms with Gasteiger partial charge in [0.05, 0.1) is 5.75 Å².